The Morgan fingerprint density at radius 2 is 2.15 bits per heavy atom. The van der Waals surface area contributed by atoms with Crippen LogP contribution in [0.1, 0.15) is 28.5 Å². The largest absolute Gasteiger partial charge is 0.445 e. The first-order valence-corrected chi connectivity index (χ1v) is 9.27. The average molecular weight is 382 g/mol. The molecule has 0 aliphatic carbocycles. The van der Waals surface area contributed by atoms with Crippen LogP contribution in [0.3, 0.4) is 0 Å². The molecule has 1 amide bonds. The van der Waals surface area contributed by atoms with Gasteiger partial charge in [-0.2, -0.15) is 0 Å². The lowest BCUT2D eigenvalue weighted by atomic mass is 9.89. The minimum atomic E-state index is -1.28. The van der Waals surface area contributed by atoms with Crippen LogP contribution in [-0.2, 0) is 23.0 Å². The summed E-state index contributed by atoms with van der Waals surface area (Å²) >= 11 is 1.34. The van der Waals surface area contributed by atoms with Crippen LogP contribution < -0.4 is 5.32 Å². The van der Waals surface area contributed by atoms with E-state index >= 15 is 0 Å². The zero-order chi connectivity index (χ0) is 19.2. The summed E-state index contributed by atoms with van der Waals surface area (Å²) in [6.45, 7) is 3.49. The van der Waals surface area contributed by atoms with Crippen LogP contribution >= 0.6 is 11.3 Å². The van der Waals surface area contributed by atoms with Gasteiger partial charge < -0.3 is 9.30 Å². The van der Waals surface area contributed by atoms with Crippen molar-refractivity contribution in [3.05, 3.63) is 53.5 Å². The normalized spacial score (nSPS) is 18.7. The topological polar surface area (TPSA) is 86.1 Å². The van der Waals surface area contributed by atoms with E-state index in [0.29, 0.717) is 17.1 Å². The zero-order valence-electron chi connectivity index (χ0n) is 15.1. The minimum absolute atomic E-state index is 0.317. The molecule has 1 unspecified atom stereocenters. The van der Waals surface area contributed by atoms with E-state index in [2.05, 4.69) is 15.3 Å². The van der Waals surface area contributed by atoms with Gasteiger partial charge in [0.1, 0.15) is 0 Å². The van der Waals surface area contributed by atoms with Crippen molar-refractivity contribution in [1.29, 1.82) is 0 Å². The van der Waals surface area contributed by atoms with E-state index in [1.165, 1.54) is 11.3 Å². The second kappa shape index (κ2) is 6.31. The van der Waals surface area contributed by atoms with Crippen molar-refractivity contribution < 1.29 is 14.3 Å². The first-order chi connectivity index (χ1) is 12.9. The molecule has 1 aromatic carbocycles. The fraction of sp³-hybridized carbons (Fsp3) is 0.263. The molecule has 3 heterocycles. The highest BCUT2D eigenvalue weighted by atomic mass is 32.1. The van der Waals surface area contributed by atoms with Crippen LogP contribution in [0.4, 0.5) is 5.13 Å². The van der Waals surface area contributed by atoms with Crippen LogP contribution in [0.25, 0.3) is 10.7 Å². The number of ether oxygens (including phenoxy) is 1. The minimum Gasteiger partial charge on any atom is -0.445 e. The Morgan fingerprint density at radius 3 is 2.89 bits per heavy atom. The van der Waals surface area contributed by atoms with Gasteiger partial charge >= 0.3 is 5.97 Å². The molecule has 0 saturated heterocycles. The van der Waals surface area contributed by atoms with Crippen molar-refractivity contribution in [3.8, 4) is 10.7 Å². The molecule has 1 aliphatic rings. The van der Waals surface area contributed by atoms with Crippen molar-refractivity contribution in [2.45, 2.75) is 25.9 Å². The average Bonchev–Trinajstić information content (AvgIpc) is 3.19. The molecule has 1 aliphatic heterocycles. The number of carbonyl (C=O) groups is 2. The quantitative estimate of drug-likeness (QED) is 0.704. The molecule has 138 valence electrons. The lowest BCUT2D eigenvalue weighted by Crippen LogP contribution is -2.48. The number of esters is 1. The van der Waals surface area contributed by atoms with Crippen LogP contribution in [0.2, 0.25) is 0 Å². The molecule has 7 nitrogen and oxygen atoms in total. The Hall–Kier alpha value is -3.00. The molecule has 8 heteroatoms. The molecular formula is C19H18N4O3S. The Morgan fingerprint density at radius 1 is 1.37 bits per heavy atom. The summed E-state index contributed by atoms with van der Waals surface area (Å²) in [5.74, 6) is -0.0984. The highest BCUT2D eigenvalue weighted by Gasteiger charge is 2.43. The second-order valence-electron chi connectivity index (χ2n) is 6.70. The third-order valence-electron chi connectivity index (χ3n) is 4.60. The number of benzene rings is 1. The number of nitrogens with zero attached hydrogens (tertiary/aromatic N) is 3. The Balaban J connectivity index is 1.58. The fourth-order valence-electron chi connectivity index (χ4n) is 3.13. The number of aromatic nitrogens is 3. The number of rotatable bonds is 3. The summed E-state index contributed by atoms with van der Waals surface area (Å²) in [7, 11) is 1.90. The van der Waals surface area contributed by atoms with E-state index in [1.54, 1.807) is 25.3 Å². The third kappa shape index (κ3) is 3.02. The lowest BCUT2D eigenvalue weighted by molar-refractivity contribution is -0.134. The van der Waals surface area contributed by atoms with E-state index in [0.717, 1.165) is 22.0 Å². The molecule has 4 rings (SSSR count). The number of carbonyl (C=O) groups excluding carboxylic acids is 2. The first kappa shape index (κ1) is 17.4. The number of cyclic esters (lactones) is 1. The molecule has 0 spiro atoms. The molecule has 0 fully saturated rings. The molecule has 27 heavy (non-hydrogen) atoms. The van der Waals surface area contributed by atoms with Crippen LogP contribution in [0, 0.1) is 6.92 Å². The Kier molecular flexibility index (Phi) is 4.07. The summed E-state index contributed by atoms with van der Waals surface area (Å²) in [4.78, 5) is 34.8. The van der Waals surface area contributed by atoms with Crippen molar-refractivity contribution in [2.24, 2.45) is 7.05 Å². The van der Waals surface area contributed by atoms with Gasteiger partial charge in [0, 0.05) is 25.9 Å². The highest BCUT2D eigenvalue weighted by molar-refractivity contribution is 7.19. The summed E-state index contributed by atoms with van der Waals surface area (Å²) in [6, 6.07) is 7.17. The van der Waals surface area contributed by atoms with E-state index in [-0.39, 0.29) is 0 Å². The maximum atomic E-state index is 12.9. The van der Waals surface area contributed by atoms with Gasteiger partial charge in [0.2, 0.25) is 0 Å². The van der Waals surface area contributed by atoms with Gasteiger partial charge in [-0.1, -0.05) is 29.5 Å². The summed E-state index contributed by atoms with van der Waals surface area (Å²) in [5.41, 5.74) is 0.801. The van der Waals surface area contributed by atoms with Crippen LogP contribution in [-0.4, -0.2) is 32.0 Å². The lowest BCUT2D eigenvalue weighted by Gasteiger charge is -2.32. The van der Waals surface area contributed by atoms with Gasteiger partial charge in [0.15, 0.2) is 16.6 Å². The van der Waals surface area contributed by atoms with E-state index < -0.39 is 17.5 Å². The van der Waals surface area contributed by atoms with Gasteiger partial charge in [-0.15, -0.1) is 0 Å². The number of aryl methyl sites for hydroxylation is 2. The molecule has 0 saturated carbocycles. The molecule has 2 aromatic heterocycles. The molecule has 1 atom stereocenters. The summed E-state index contributed by atoms with van der Waals surface area (Å²) in [5, 5.41) is 3.25. The van der Waals surface area contributed by atoms with Crippen molar-refractivity contribution in [2.75, 3.05) is 5.32 Å². The maximum Gasteiger partial charge on any atom is 0.339 e. The molecule has 0 radical (unpaired) electrons. The predicted molar refractivity (Wildman–Crippen MR) is 102 cm³/mol. The first-order valence-electron chi connectivity index (χ1n) is 8.45. The van der Waals surface area contributed by atoms with E-state index in [4.69, 9.17) is 4.74 Å². The third-order valence-corrected chi connectivity index (χ3v) is 5.67. The SMILES string of the molecule is Cc1nc(NC(=O)C2(C)Cc3ccccc3C(=O)O2)sc1-c1nccn1C. The number of thiazole rings is 1. The Bertz CT molecular complexity index is 1050. The van der Waals surface area contributed by atoms with E-state index in [1.807, 2.05) is 36.9 Å². The van der Waals surface area contributed by atoms with Crippen molar-refractivity contribution in [1.82, 2.24) is 14.5 Å². The zero-order valence-corrected chi connectivity index (χ0v) is 16.0. The fourth-order valence-corrected chi connectivity index (χ4v) is 4.13. The molecular weight excluding hydrogens is 364 g/mol. The van der Waals surface area contributed by atoms with Crippen molar-refractivity contribution in [3.63, 3.8) is 0 Å². The van der Waals surface area contributed by atoms with Gasteiger partial charge in [0.25, 0.3) is 5.91 Å². The number of amides is 1. The number of hydrogen-bond acceptors (Lipinski definition) is 6. The molecule has 1 N–H and O–H groups in total. The standard InChI is InChI=1S/C19H18N4O3S/c1-11-14(15-20-8-9-23(15)3)27-18(21-11)22-17(25)19(2)10-12-6-4-5-7-13(12)16(24)26-19/h4-9H,10H2,1-3H3,(H,21,22,25). The highest BCUT2D eigenvalue weighted by Crippen LogP contribution is 2.33. The van der Waals surface area contributed by atoms with E-state index in [9.17, 15) is 9.59 Å². The number of nitrogens with one attached hydrogen (secondary N) is 1. The van der Waals surface area contributed by atoms with Gasteiger partial charge in [-0.3, -0.25) is 10.1 Å². The second-order valence-corrected chi connectivity index (χ2v) is 7.70. The summed E-state index contributed by atoms with van der Waals surface area (Å²) in [6.07, 6.45) is 3.89. The number of anilines is 1. The van der Waals surface area contributed by atoms with Gasteiger partial charge in [0.05, 0.1) is 16.1 Å². The van der Waals surface area contributed by atoms with Crippen LogP contribution in [0.15, 0.2) is 36.7 Å². The number of imidazole rings is 1. The van der Waals surface area contributed by atoms with Gasteiger partial charge in [-0.25, -0.2) is 14.8 Å². The predicted octanol–water partition coefficient (Wildman–Crippen LogP) is 2.96. The Labute approximate surface area is 160 Å². The number of hydrogen-bond donors (Lipinski definition) is 1. The smallest absolute Gasteiger partial charge is 0.339 e. The molecule has 3 aromatic rings. The summed E-state index contributed by atoms with van der Waals surface area (Å²) < 4.78 is 7.37. The monoisotopic (exact) mass is 382 g/mol. The number of fused-ring (bicyclic) bond motifs is 1. The van der Waals surface area contributed by atoms with Crippen molar-refractivity contribution >= 4 is 28.3 Å². The van der Waals surface area contributed by atoms with Crippen LogP contribution in [0.5, 0.6) is 0 Å². The van der Waals surface area contributed by atoms with Gasteiger partial charge in [-0.05, 0) is 25.5 Å². The molecule has 0 bridgehead atoms. The maximum absolute atomic E-state index is 12.9.